The van der Waals surface area contributed by atoms with Crippen molar-refractivity contribution in [3.05, 3.63) is 28.8 Å². The van der Waals surface area contributed by atoms with Crippen LogP contribution in [0.5, 0.6) is 0 Å². The Morgan fingerprint density at radius 3 is 2.58 bits per heavy atom. The summed E-state index contributed by atoms with van der Waals surface area (Å²) in [7, 11) is 0. The van der Waals surface area contributed by atoms with E-state index in [9.17, 15) is 0 Å². The van der Waals surface area contributed by atoms with Gasteiger partial charge in [0.25, 0.3) is 0 Å². The highest BCUT2D eigenvalue weighted by Crippen LogP contribution is 2.36. The van der Waals surface area contributed by atoms with Gasteiger partial charge in [-0.15, -0.1) is 0 Å². The minimum Gasteiger partial charge on any atom is -0.181 e. The third-order valence-corrected chi connectivity index (χ3v) is 2.43. The normalized spacial score (nSPS) is 19.8. The Hall–Kier alpha value is -1.18. The van der Waals surface area contributed by atoms with Crippen LogP contribution in [0, 0.1) is 13.8 Å². The van der Waals surface area contributed by atoms with Crippen molar-refractivity contribution in [1.82, 2.24) is 0 Å². The summed E-state index contributed by atoms with van der Waals surface area (Å²) in [5, 5.41) is 8.22. The lowest BCUT2D eigenvalue weighted by Gasteiger charge is -2.04. The number of rotatable bonds is 0. The van der Waals surface area contributed by atoms with Crippen LogP contribution in [0.15, 0.2) is 22.4 Å². The SMILES string of the molecule is Cc1cc2c(cc1C)C(C)N=N2. The molecule has 1 heterocycles. The highest BCUT2D eigenvalue weighted by Gasteiger charge is 2.16. The molecule has 1 aliphatic heterocycles. The van der Waals surface area contributed by atoms with Gasteiger partial charge >= 0.3 is 0 Å². The van der Waals surface area contributed by atoms with Crippen molar-refractivity contribution in [3.8, 4) is 0 Å². The molecule has 2 nitrogen and oxygen atoms in total. The summed E-state index contributed by atoms with van der Waals surface area (Å²) in [6, 6.07) is 4.55. The topological polar surface area (TPSA) is 24.7 Å². The zero-order chi connectivity index (χ0) is 8.72. The maximum atomic E-state index is 4.11. The summed E-state index contributed by atoms with van der Waals surface area (Å²) in [5.74, 6) is 0. The Kier molecular flexibility index (Phi) is 1.50. The molecule has 0 N–H and O–H groups in total. The van der Waals surface area contributed by atoms with Gasteiger partial charge in [-0.05, 0) is 38.0 Å². The van der Waals surface area contributed by atoms with Crippen LogP contribution >= 0.6 is 0 Å². The summed E-state index contributed by atoms with van der Waals surface area (Å²) in [4.78, 5) is 0. The first-order chi connectivity index (χ1) is 5.68. The third-order valence-electron chi connectivity index (χ3n) is 2.43. The highest BCUT2D eigenvalue weighted by molar-refractivity contribution is 5.53. The number of nitrogens with zero attached hydrogens (tertiary/aromatic N) is 2. The van der Waals surface area contributed by atoms with Gasteiger partial charge in [0.15, 0.2) is 0 Å². The fourth-order valence-electron chi connectivity index (χ4n) is 1.46. The second kappa shape index (κ2) is 2.41. The standard InChI is InChI=1S/C10H12N2/c1-6-4-9-8(3)11-12-10(9)5-7(6)2/h4-5,8H,1-3H3. The van der Waals surface area contributed by atoms with Gasteiger partial charge in [-0.3, -0.25) is 0 Å². The predicted octanol–water partition coefficient (Wildman–Crippen LogP) is 3.46. The first-order valence-electron chi connectivity index (χ1n) is 4.20. The van der Waals surface area contributed by atoms with E-state index >= 15 is 0 Å². The van der Waals surface area contributed by atoms with Crippen molar-refractivity contribution in [2.75, 3.05) is 0 Å². The molecule has 0 amide bonds. The van der Waals surface area contributed by atoms with E-state index in [1.54, 1.807) is 0 Å². The zero-order valence-corrected chi connectivity index (χ0v) is 7.63. The lowest BCUT2D eigenvalue weighted by molar-refractivity contribution is 0.810. The van der Waals surface area contributed by atoms with Gasteiger partial charge in [-0.2, -0.15) is 10.2 Å². The van der Waals surface area contributed by atoms with E-state index in [2.05, 4.69) is 43.1 Å². The van der Waals surface area contributed by atoms with Crippen molar-refractivity contribution in [2.45, 2.75) is 26.8 Å². The molecule has 0 bridgehead atoms. The van der Waals surface area contributed by atoms with E-state index in [0.29, 0.717) is 0 Å². The van der Waals surface area contributed by atoms with E-state index in [4.69, 9.17) is 0 Å². The maximum Gasteiger partial charge on any atom is 0.0955 e. The smallest absolute Gasteiger partial charge is 0.0955 e. The summed E-state index contributed by atoms with van der Waals surface area (Å²) in [5.41, 5.74) is 4.93. The molecular formula is C10H12N2. The van der Waals surface area contributed by atoms with Crippen LogP contribution in [0.3, 0.4) is 0 Å². The average Bonchev–Trinajstić information content (AvgIpc) is 2.35. The van der Waals surface area contributed by atoms with Crippen molar-refractivity contribution < 1.29 is 0 Å². The molecule has 1 unspecified atom stereocenters. The molecule has 1 aromatic carbocycles. The average molecular weight is 160 g/mol. The number of azo groups is 1. The Morgan fingerprint density at radius 1 is 1.17 bits per heavy atom. The van der Waals surface area contributed by atoms with Gasteiger partial charge in [-0.25, -0.2) is 0 Å². The molecule has 0 radical (unpaired) electrons. The van der Waals surface area contributed by atoms with Crippen LogP contribution in [-0.4, -0.2) is 0 Å². The molecular weight excluding hydrogens is 148 g/mol. The molecule has 0 spiro atoms. The van der Waals surface area contributed by atoms with Gasteiger partial charge < -0.3 is 0 Å². The first-order valence-corrected chi connectivity index (χ1v) is 4.20. The minimum absolute atomic E-state index is 0.249. The van der Waals surface area contributed by atoms with Crippen molar-refractivity contribution in [1.29, 1.82) is 0 Å². The third kappa shape index (κ3) is 0.951. The van der Waals surface area contributed by atoms with Crippen molar-refractivity contribution in [2.24, 2.45) is 10.2 Å². The van der Waals surface area contributed by atoms with E-state index in [1.165, 1.54) is 16.7 Å². The van der Waals surface area contributed by atoms with Crippen LogP contribution in [0.2, 0.25) is 0 Å². The Bertz CT molecular complexity index is 353. The lowest BCUT2D eigenvalue weighted by atomic mass is 10.0. The van der Waals surface area contributed by atoms with E-state index in [-0.39, 0.29) is 6.04 Å². The minimum atomic E-state index is 0.249. The zero-order valence-electron chi connectivity index (χ0n) is 7.63. The largest absolute Gasteiger partial charge is 0.181 e. The van der Waals surface area contributed by atoms with Crippen molar-refractivity contribution in [3.63, 3.8) is 0 Å². The number of aryl methyl sites for hydroxylation is 2. The molecule has 2 heteroatoms. The summed E-state index contributed by atoms with van der Waals surface area (Å²) in [6.45, 7) is 6.30. The Labute approximate surface area is 72.3 Å². The summed E-state index contributed by atoms with van der Waals surface area (Å²) >= 11 is 0. The van der Waals surface area contributed by atoms with Crippen LogP contribution in [0.4, 0.5) is 5.69 Å². The molecule has 0 fully saturated rings. The lowest BCUT2D eigenvalue weighted by Crippen LogP contribution is -1.87. The Balaban J connectivity index is 2.62. The highest BCUT2D eigenvalue weighted by atomic mass is 15.2. The van der Waals surface area contributed by atoms with E-state index in [0.717, 1.165) is 5.69 Å². The maximum absolute atomic E-state index is 4.11. The number of hydrogen-bond acceptors (Lipinski definition) is 2. The number of hydrogen-bond donors (Lipinski definition) is 0. The molecule has 2 rings (SSSR count). The van der Waals surface area contributed by atoms with Gasteiger partial charge in [-0.1, -0.05) is 6.07 Å². The molecule has 0 aliphatic carbocycles. The second-order valence-corrected chi connectivity index (χ2v) is 3.39. The summed E-state index contributed by atoms with van der Waals surface area (Å²) < 4.78 is 0. The van der Waals surface area contributed by atoms with Crippen LogP contribution in [0.25, 0.3) is 0 Å². The molecule has 0 saturated heterocycles. The van der Waals surface area contributed by atoms with Crippen LogP contribution in [0.1, 0.15) is 29.7 Å². The molecule has 1 aliphatic rings. The molecule has 0 saturated carbocycles. The van der Waals surface area contributed by atoms with E-state index in [1.807, 2.05) is 0 Å². The first kappa shape index (κ1) is 7.47. The molecule has 1 atom stereocenters. The van der Waals surface area contributed by atoms with Gasteiger partial charge in [0.05, 0.1) is 11.7 Å². The second-order valence-electron chi connectivity index (χ2n) is 3.39. The van der Waals surface area contributed by atoms with Crippen molar-refractivity contribution >= 4 is 5.69 Å². The monoisotopic (exact) mass is 160 g/mol. The van der Waals surface area contributed by atoms with Crippen LogP contribution in [-0.2, 0) is 0 Å². The Morgan fingerprint density at radius 2 is 1.83 bits per heavy atom. The fourth-order valence-corrected chi connectivity index (χ4v) is 1.46. The van der Waals surface area contributed by atoms with E-state index < -0.39 is 0 Å². The molecule has 62 valence electrons. The fraction of sp³-hybridized carbons (Fsp3) is 0.400. The van der Waals surface area contributed by atoms with Crippen LogP contribution < -0.4 is 0 Å². The predicted molar refractivity (Wildman–Crippen MR) is 48.8 cm³/mol. The van der Waals surface area contributed by atoms with Gasteiger partial charge in [0.2, 0.25) is 0 Å². The van der Waals surface area contributed by atoms with Gasteiger partial charge in [0, 0.05) is 5.56 Å². The molecule has 1 aromatic rings. The van der Waals surface area contributed by atoms with Gasteiger partial charge in [0.1, 0.15) is 0 Å². The summed E-state index contributed by atoms with van der Waals surface area (Å²) in [6.07, 6.45) is 0. The quantitative estimate of drug-likeness (QED) is 0.555. The molecule has 0 aromatic heterocycles. The molecule has 12 heavy (non-hydrogen) atoms. The number of fused-ring (bicyclic) bond motifs is 1. The number of benzene rings is 1.